The molecule has 3 heteroatoms. The maximum absolute atomic E-state index is 14.3. The van der Waals surface area contributed by atoms with E-state index in [1.165, 1.54) is 18.2 Å². The number of allylic oxidation sites excluding steroid dienone is 1. The van der Waals surface area contributed by atoms with Gasteiger partial charge in [-0.05, 0) is 60.6 Å². The second-order valence-electron chi connectivity index (χ2n) is 5.59. The monoisotopic (exact) mass is 300 g/mol. The number of hydrogen-bond acceptors (Lipinski definition) is 1. The number of hydrogen-bond donors (Lipinski definition) is 0. The van der Waals surface area contributed by atoms with Crippen molar-refractivity contribution in [1.29, 1.82) is 0 Å². The molecule has 0 fully saturated rings. The van der Waals surface area contributed by atoms with Crippen LogP contribution in [0.15, 0.2) is 49.1 Å². The quantitative estimate of drug-likeness (QED) is 0.710. The van der Waals surface area contributed by atoms with Crippen molar-refractivity contribution in [1.82, 2.24) is 0 Å². The van der Waals surface area contributed by atoms with Crippen molar-refractivity contribution >= 4 is 0 Å². The van der Waals surface area contributed by atoms with Crippen molar-refractivity contribution in [2.24, 2.45) is 0 Å². The SMILES string of the molecule is C=CCCc1cc(F)c2c(c1)CCC(c1ccc(F)cc1)O2. The topological polar surface area (TPSA) is 9.23 Å². The molecule has 2 aromatic rings. The lowest BCUT2D eigenvalue weighted by molar-refractivity contribution is 0.167. The van der Waals surface area contributed by atoms with Crippen LogP contribution in [0.1, 0.15) is 35.6 Å². The Kier molecular flexibility index (Phi) is 4.23. The smallest absolute Gasteiger partial charge is 0.165 e. The van der Waals surface area contributed by atoms with E-state index in [0.29, 0.717) is 5.75 Å². The summed E-state index contributed by atoms with van der Waals surface area (Å²) in [4.78, 5) is 0. The fraction of sp³-hybridized carbons (Fsp3) is 0.263. The molecule has 1 aliphatic rings. The minimum absolute atomic E-state index is 0.221. The van der Waals surface area contributed by atoms with Crippen molar-refractivity contribution in [2.75, 3.05) is 0 Å². The van der Waals surface area contributed by atoms with E-state index in [0.717, 1.165) is 42.4 Å². The van der Waals surface area contributed by atoms with E-state index >= 15 is 0 Å². The highest BCUT2D eigenvalue weighted by atomic mass is 19.1. The van der Waals surface area contributed by atoms with Crippen LogP contribution in [0.4, 0.5) is 8.78 Å². The standard InChI is InChI=1S/C19H18F2O/c1-2-3-4-13-11-15-7-10-18(22-19(15)17(21)12-13)14-5-8-16(20)9-6-14/h2,5-6,8-9,11-12,18H,1,3-4,7,10H2. The zero-order valence-corrected chi connectivity index (χ0v) is 12.3. The molecule has 0 radical (unpaired) electrons. The van der Waals surface area contributed by atoms with E-state index in [-0.39, 0.29) is 17.7 Å². The second-order valence-corrected chi connectivity index (χ2v) is 5.59. The molecule has 1 aliphatic heterocycles. The van der Waals surface area contributed by atoms with Crippen LogP contribution in [0.3, 0.4) is 0 Å². The van der Waals surface area contributed by atoms with Gasteiger partial charge in [-0.2, -0.15) is 0 Å². The van der Waals surface area contributed by atoms with Crippen LogP contribution in [-0.2, 0) is 12.8 Å². The molecule has 2 aromatic carbocycles. The van der Waals surface area contributed by atoms with Gasteiger partial charge in [0.2, 0.25) is 0 Å². The van der Waals surface area contributed by atoms with Crippen molar-refractivity contribution in [3.05, 3.63) is 77.4 Å². The van der Waals surface area contributed by atoms with Gasteiger partial charge in [0.1, 0.15) is 11.9 Å². The highest BCUT2D eigenvalue weighted by Gasteiger charge is 2.24. The van der Waals surface area contributed by atoms with E-state index in [4.69, 9.17) is 4.74 Å². The molecule has 0 saturated heterocycles. The summed E-state index contributed by atoms with van der Waals surface area (Å²) in [5.74, 6) is -0.260. The van der Waals surface area contributed by atoms with Gasteiger partial charge in [0.05, 0.1) is 0 Å². The first-order chi connectivity index (χ1) is 10.7. The second kappa shape index (κ2) is 6.30. The maximum atomic E-state index is 14.3. The number of halogens is 2. The Labute approximate surface area is 129 Å². The van der Waals surface area contributed by atoms with Crippen LogP contribution in [0.2, 0.25) is 0 Å². The summed E-state index contributed by atoms with van der Waals surface area (Å²) in [5.41, 5.74) is 2.76. The Morgan fingerprint density at radius 2 is 1.95 bits per heavy atom. The average Bonchev–Trinajstić information content (AvgIpc) is 2.53. The summed E-state index contributed by atoms with van der Waals surface area (Å²) >= 11 is 0. The molecule has 1 heterocycles. The molecule has 0 N–H and O–H groups in total. The normalized spacial score (nSPS) is 16.7. The number of benzene rings is 2. The lowest BCUT2D eigenvalue weighted by Crippen LogP contribution is -2.16. The third-order valence-electron chi connectivity index (χ3n) is 4.00. The van der Waals surface area contributed by atoms with Gasteiger partial charge in [-0.25, -0.2) is 8.78 Å². The first-order valence-corrected chi connectivity index (χ1v) is 7.51. The van der Waals surface area contributed by atoms with Gasteiger partial charge in [-0.15, -0.1) is 6.58 Å². The predicted octanol–water partition coefficient (Wildman–Crippen LogP) is 5.15. The summed E-state index contributed by atoms with van der Waals surface area (Å²) in [6.45, 7) is 3.69. The average molecular weight is 300 g/mol. The predicted molar refractivity (Wildman–Crippen MR) is 83.0 cm³/mol. The molecule has 0 aromatic heterocycles. The van der Waals surface area contributed by atoms with E-state index in [1.807, 2.05) is 12.1 Å². The molecule has 0 spiro atoms. The summed E-state index contributed by atoms with van der Waals surface area (Å²) in [5, 5.41) is 0. The van der Waals surface area contributed by atoms with Crippen molar-refractivity contribution < 1.29 is 13.5 Å². The first-order valence-electron chi connectivity index (χ1n) is 7.51. The largest absolute Gasteiger partial charge is 0.482 e. The maximum Gasteiger partial charge on any atom is 0.165 e. The van der Waals surface area contributed by atoms with Crippen LogP contribution in [0.5, 0.6) is 5.75 Å². The van der Waals surface area contributed by atoms with Gasteiger partial charge in [0.25, 0.3) is 0 Å². The van der Waals surface area contributed by atoms with Gasteiger partial charge in [0.15, 0.2) is 11.6 Å². The van der Waals surface area contributed by atoms with Crippen LogP contribution >= 0.6 is 0 Å². The Hall–Kier alpha value is -2.16. The van der Waals surface area contributed by atoms with Gasteiger partial charge < -0.3 is 4.74 Å². The van der Waals surface area contributed by atoms with Gasteiger partial charge in [-0.3, -0.25) is 0 Å². The molecule has 0 bridgehead atoms. The first kappa shape index (κ1) is 14.8. The summed E-state index contributed by atoms with van der Waals surface area (Å²) < 4.78 is 33.1. The lowest BCUT2D eigenvalue weighted by atomic mass is 9.95. The Morgan fingerprint density at radius 1 is 1.18 bits per heavy atom. The molecule has 1 atom stereocenters. The van der Waals surface area contributed by atoms with Gasteiger partial charge in [-0.1, -0.05) is 24.3 Å². The molecular formula is C19H18F2O. The summed E-state index contributed by atoms with van der Waals surface area (Å²) in [6, 6.07) is 9.76. The minimum atomic E-state index is -0.316. The molecular weight excluding hydrogens is 282 g/mol. The van der Waals surface area contributed by atoms with Crippen LogP contribution in [0.25, 0.3) is 0 Å². The summed E-state index contributed by atoms with van der Waals surface area (Å²) in [6.07, 6.45) is 4.76. The number of ether oxygens (including phenoxy) is 1. The van der Waals surface area contributed by atoms with E-state index in [9.17, 15) is 8.78 Å². The third kappa shape index (κ3) is 3.03. The van der Waals surface area contributed by atoms with E-state index < -0.39 is 0 Å². The minimum Gasteiger partial charge on any atom is -0.482 e. The molecule has 22 heavy (non-hydrogen) atoms. The summed E-state index contributed by atoms with van der Waals surface area (Å²) in [7, 11) is 0. The Bertz CT molecular complexity index is 677. The van der Waals surface area contributed by atoms with Crippen molar-refractivity contribution in [3.63, 3.8) is 0 Å². The molecule has 0 saturated carbocycles. The zero-order valence-electron chi connectivity index (χ0n) is 12.3. The molecule has 0 amide bonds. The fourth-order valence-electron chi connectivity index (χ4n) is 2.84. The number of fused-ring (bicyclic) bond motifs is 1. The highest BCUT2D eigenvalue weighted by Crippen LogP contribution is 2.37. The number of aryl methyl sites for hydroxylation is 2. The van der Waals surface area contributed by atoms with Crippen molar-refractivity contribution in [2.45, 2.75) is 31.8 Å². The van der Waals surface area contributed by atoms with E-state index in [1.54, 1.807) is 12.1 Å². The molecule has 1 unspecified atom stereocenters. The third-order valence-corrected chi connectivity index (χ3v) is 4.00. The van der Waals surface area contributed by atoms with Crippen LogP contribution in [-0.4, -0.2) is 0 Å². The van der Waals surface area contributed by atoms with Gasteiger partial charge >= 0.3 is 0 Å². The zero-order chi connectivity index (χ0) is 15.5. The lowest BCUT2D eigenvalue weighted by Gasteiger charge is -2.27. The van der Waals surface area contributed by atoms with Gasteiger partial charge in [0, 0.05) is 0 Å². The number of rotatable bonds is 4. The Morgan fingerprint density at radius 3 is 2.68 bits per heavy atom. The van der Waals surface area contributed by atoms with Crippen LogP contribution < -0.4 is 4.74 Å². The highest BCUT2D eigenvalue weighted by molar-refractivity contribution is 5.41. The fourth-order valence-corrected chi connectivity index (χ4v) is 2.84. The van der Waals surface area contributed by atoms with E-state index in [2.05, 4.69) is 6.58 Å². The molecule has 3 rings (SSSR count). The molecule has 114 valence electrons. The van der Waals surface area contributed by atoms with Crippen molar-refractivity contribution in [3.8, 4) is 5.75 Å². The molecule has 0 aliphatic carbocycles. The van der Waals surface area contributed by atoms with Crippen LogP contribution in [0, 0.1) is 11.6 Å². The molecule has 1 nitrogen and oxygen atoms in total. The Balaban J connectivity index is 1.83.